The van der Waals surface area contributed by atoms with Gasteiger partial charge < -0.3 is 14.6 Å². The zero-order chi connectivity index (χ0) is 14.1. The predicted octanol–water partition coefficient (Wildman–Crippen LogP) is 2.85. The van der Waals surface area contributed by atoms with E-state index >= 15 is 0 Å². The molecule has 0 aliphatic rings. The van der Waals surface area contributed by atoms with Gasteiger partial charge in [0, 0.05) is 32.2 Å². The average molecular weight is 267 g/mol. The van der Waals surface area contributed by atoms with Gasteiger partial charge in [-0.2, -0.15) is 0 Å². The Bertz CT molecular complexity index is 730. The second-order valence-corrected chi connectivity index (χ2v) is 4.75. The van der Waals surface area contributed by atoms with Crippen molar-refractivity contribution in [3.8, 4) is 0 Å². The Hall–Kier alpha value is -2.56. The number of hydrogen-bond donors (Lipinski definition) is 1. The van der Waals surface area contributed by atoms with E-state index in [1.165, 1.54) is 5.56 Å². The van der Waals surface area contributed by atoms with Crippen LogP contribution in [0.2, 0.25) is 0 Å². The molecule has 0 amide bonds. The van der Waals surface area contributed by atoms with E-state index in [1.54, 1.807) is 6.20 Å². The van der Waals surface area contributed by atoms with Gasteiger partial charge in [-0.15, -0.1) is 0 Å². The van der Waals surface area contributed by atoms with E-state index in [4.69, 9.17) is 0 Å². The first-order valence-electron chi connectivity index (χ1n) is 6.51. The first-order valence-corrected chi connectivity index (χ1v) is 6.51. The first kappa shape index (κ1) is 12.5. The fourth-order valence-corrected chi connectivity index (χ4v) is 2.15. The van der Waals surface area contributed by atoms with Crippen LogP contribution in [0.1, 0.15) is 5.56 Å². The standard InChI is InChI=1S/C15H17N5/c1-11-4-6-12(7-5-11)19(3)15-14-17-8-9-20(14)10-13(16-2)18-15/h4-10,16H,1-3H3. The summed E-state index contributed by atoms with van der Waals surface area (Å²) in [5.41, 5.74) is 3.17. The van der Waals surface area contributed by atoms with Crippen LogP contribution in [0.5, 0.6) is 0 Å². The Labute approximate surface area is 117 Å². The molecule has 0 saturated heterocycles. The lowest BCUT2D eigenvalue weighted by Crippen LogP contribution is -2.14. The van der Waals surface area contributed by atoms with E-state index in [1.807, 2.05) is 35.8 Å². The fourth-order valence-electron chi connectivity index (χ4n) is 2.15. The number of aryl methyl sites for hydroxylation is 1. The Morgan fingerprint density at radius 2 is 1.95 bits per heavy atom. The molecule has 1 aromatic carbocycles. The number of nitrogens with one attached hydrogen (secondary N) is 1. The number of aromatic nitrogens is 3. The Morgan fingerprint density at radius 1 is 1.20 bits per heavy atom. The summed E-state index contributed by atoms with van der Waals surface area (Å²) in [5.74, 6) is 1.63. The fraction of sp³-hybridized carbons (Fsp3) is 0.200. The van der Waals surface area contributed by atoms with Gasteiger partial charge >= 0.3 is 0 Å². The van der Waals surface area contributed by atoms with E-state index in [9.17, 15) is 0 Å². The number of imidazole rings is 1. The molecule has 0 aliphatic carbocycles. The van der Waals surface area contributed by atoms with Gasteiger partial charge in [0.15, 0.2) is 11.5 Å². The van der Waals surface area contributed by atoms with Crippen LogP contribution in [0, 0.1) is 6.92 Å². The normalized spacial score (nSPS) is 10.8. The third-order valence-corrected chi connectivity index (χ3v) is 3.35. The maximum absolute atomic E-state index is 4.62. The summed E-state index contributed by atoms with van der Waals surface area (Å²) in [5, 5.41) is 3.08. The minimum absolute atomic E-state index is 0.810. The van der Waals surface area contributed by atoms with Crippen molar-refractivity contribution in [3.63, 3.8) is 0 Å². The predicted molar refractivity (Wildman–Crippen MR) is 81.8 cm³/mol. The van der Waals surface area contributed by atoms with Crippen LogP contribution in [-0.2, 0) is 0 Å². The molecule has 0 aliphatic heterocycles. The van der Waals surface area contributed by atoms with Crippen LogP contribution < -0.4 is 10.2 Å². The minimum Gasteiger partial charge on any atom is -0.372 e. The second-order valence-electron chi connectivity index (χ2n) is 4.75. The van der Waals surface area contributed by atoms with Crippen LogP contribution in [0.15, 0.2) is 42.9 Å². The number of benzene rings is 1. The summed E-state index contributed by atoms with van der Waals surface area (Å²) in [6, 6.07) is 8.36. The molecule has 1 N–H and O–H groups in total. The van der Waals surface area contributed by atoms with Crippen molar-refractivity contribution in [2.75, 3.05) is 24.3 Å². The molecular formula is C15H17N5. The lowest BCUT2D eigenvalue weighted by atomic mass is 10.2. The van der Waals surface area contributed by atoms with Crippen molar-refractivity contribution in [3.05, 3.63) is 48.4 Å². The van der Waals surface area contributed by atoms with Gasteiger partial charge in [-0.1, -0.05) is 17.7 Å². The van der Waals surface area contributed by atoms with Gasteiger partial charge in [-0.3, -0.25) is 0 Å². The van der Waals surface area contributed by atoms with E-state index in [0.717, 1.165) is 23.0 Å². The number of fused-ring (bicyclic) bond motifs is 1. The summed E-state index contributed by atoms with van der Waals surface area (Å²) in [6.45, 7) is 2.08. The Balaban J connectivity index is 2.12. The van der Waals surface area contributed by atoms with Gasteiger partial charge in [0.05, 0.1) is 6.20 Å². The number of hydrogen-bond acceptors (Lipinski definition) is 4. The van der Waals surface area contributed by atoms with Crippen LogP contribution in [-0.4, -0.2) is 28.5 Å². The summed E-state index contributed by atoms with van der Waals surface area (Å²) in [6.07, 6.45) is 5.63. The van der Waals surface area contributed by atoms with Gasteiger partial charge in [0.1, 0.15) is 5.82 Å². The summed E-state index contributed by atoms with van der Waals surface area (Å²) in [7, 11) is 3.86. The molecular weight excluding hydrogens is 250 g/mol. The summed E-state index contributed by atoms with van der Waals surface area (Å²) < 4.78 is 1.97. The van der Waals surface area contributed by atoms with Crippen LogP contribution >= 0.6 is 0 Å². The van der Waals surface area contributed by atoms with Gasteiger partial charge in [-0.05, 0) is 19.1 Å². The molecule has 20 heavy (non-hydrogen) atoms. The third-order valence-electron chi connectivity index (χ3n) is 3.35. The topological polar surface area (TPSA) is 45.5 Å². The van der Waals surface area contributed by atoms with Crippen LogP contribution in [0.25, 0.3) is 5.65 Å². The SMILES string of the molecule is CNc1cn2ccnc2c(N(C)c2ccc(C)cc2)n1. The lowest BCUT2D eigenvalue weighted by Gasteiger charge is -2.19. The van der Waals surface area contributed by atoms with Crippen molar-refractivity contribution >= 4 is 23.0 Å². The van der Waals surface area contributed by atoms with Crippen molar-refractivity contribution in [2.24, 2.45) is 0 Å². The number of anilines is 3. The van der Waals surface area contributed by atoms with Crippen LogP contribution in [0.4, 0.5) is 17.3 Å². The zero-order valence-corrected chi connectivity index (χ0v) is 11.8. The quantitative estimate of drug-likeness (QED) is 0.792. The van der Waals surface area contributed by atoms with Gasteiger partial charge in [0.2, 0.25) is 0 Å². The van der Waals surface area contributed by atoms with Gasteiger partial charge in [-0.25, -0.2) is 9.97 Å². The largest absolute Gasteiger partial charge is 0.372 e. The maximum Gasteiger partial charge on any atom is 0.180 e. The van der Waals surface area contributed by atoms with E-state index in [-0.39, 0.29) is 0 Å². The highest BCUT2D eigenvalue weighted by molar-refractivity contribution is 5.73. The number of rotatable bonds is 3. The van der Waals surface area contributed by atoms with Gasteiger partial charge in [0.25, 0.3) is 0 Å². The molecule has 0 bridgehead atoms. The molecule has 0 saturated carbocycles. The molecule has 0 atom stereocenters. The zero-order valence-electron chi connectivity index (χ0n) is 11.8. The smallest absolute Gasteiger partial charge is 0.180 e. The molecule has 0 unspecified atom stereocenters. The molecule has 5 heteroatoms. The molecule has 0 radical (unpaired) electrons. The molecule has 3 rings (SSSR count). The molecule has 102 valence electrons. The summed E-state index contributed by atoms with van der Waals surface area (Å²) >= 11 is 0. The molecule has 5 nitrogen and oxygen atoms in total. The first-order chi connectivity index (χ1) is 9.69. The maximum atomic E-state index is 4.62. The van der Waals surface area contributed by atoms with Crippen molar-refractivity contribution in [1.82, 2.24) is 14.4 Å². The number of nitrogens with zero attached hydrogens (tertiary/aromatic N) is 4. The summed E-state index contributed by atoms with van der Waals surface area (Å²) in [4.78, 5) is 11.1. The molecule has 0 fully saturated rings. The van der Waals surface area contributed by atoms with E-state index in [0.29, 0.717) is 0 Å². The highest BCUT2D eigenvalue weighted by atomic mass is 15.2. The third kappa shape index (κ3) is 2.07. The monoisotopic (exact) mass is 267 g/mol. The average Bonchev–Trinajstić information content (AvgIpc) is 2.94. The Morgan fingerprint density at radius 3 is 2.65 bits per heavy atom. The Kier molecular flexibility index (Phi) is 3.02. The minimum atomic E-state index is 0.810. The molecule has 0 spiro atoms. The highest BCUT2D eigenvalue weighted by Crippen LogP contribution is 2.26. The van der Waals surface area contributed by atoms with E-state index in [2.05, 4.69) is 46.5 Å². The lowest BCUT2D eigenvalue weighted by molar-refractivity contribution is 1.06. The molecule has 2 heterocycles. The van der Waals surface area contributed by atoms with E-state index < -0.39 is 0 Å². The molecule has 3 aromatic rings. The van der Waals surface area contributed by atoms with Crippen molar-refractivity contribution in [2.45, 2.75) is 6.92 Å². The second kappa shape index (κ2) is 4.85. The van der Waals surface area contributed by atoms with Crippen LogP contribution in [0.3, 0.4) is 0 Å². The highest BCUT2D eigenvalue weighted by Gasteiger charge is 2.12. The van der Waals surface area contributed by atoms with Crippen molar-refractivity contribution < 1.29 is 0 Å². The molecule has 2 aromatic heterocycles. The van der Waals surface area contributed by atoms with Crippen molar-refractivity contribution in [1.29, 1.82) is 0 Å².